The normalized spacial score (nSPS) is 11.3. The van der Waals surface area contributed by atoms with Crippen LogP contribution in [0.25, 0.3) is 16.3 Å². The molecule has 0 saturated carbocycles. The fourth-order valence-electron chi connectivity index (χ4n) is 2.10. The first-order valence-electron chi connectivity index (χ1n) is 4.79. The van der Waals surface area contributed by atoms with Crippen LogP contribution in [-0.2, 0) is 0 Å². The summed E-state index contributed by atoms with van der Waals surface area (Å²) in [4.78, 5) is 0. The molecule has 76 valence electrons. The molecule has 0 unspecified atom stereocenters. The predicted molar refractivity (Wildman–Crippen MR) is 59.2 cm³/mol. The smallest absolute Gasteiger partial charge is 0.131 e. The largest absolute Gasteiger partial charge is 0.496 e. The van der Waals surface area contributed by atoms with Crippen LogP contribution in [0.3, 0.4) is 0 Å². The third-order valence-electron chi connectivity index (χ3n) is 2.80. The number of nitrogens with zero attached hydrogens (tertiary/aromatic N) is 1. The molecule has 2 heterocycles. The third kappa shape index (κ3) is 0.947. The number of aromatic nitrogens is 1. The average molecular weight is 201 g/mol. The van der Waals surface area contributed by atoms with Crippen molar-refractivity contribution in [1.82, 2.24) is 4.40 Å². The van der Waals surface area contributed by atoms with Crippen LogP contribution in [0.4, 0.5) is 0 Å². The SMILES string of the molecule is COc1cc(OC)c2ccn3ccc1c23. The van der Waals surface area contributed by atoms with E-state index in [9.17, 15) is 0 Å². The van der Waals surface area contributed by atoms with Crippen LogP contribution in [-0.4, -0.2) is 18.6 Å². The summed E-state index contributed by atoms with van der Waals surface area (Å²) in [5, 5.41) is 2.25. The summed E-state index contributed by atoms with van der Waals surface area (Å²) < 4.78 is 12.8. The molecule has 1 aromatic carbocycles. The van der Waals surface area contributed by atoms with E-state index in [2.05, 4.69) is 16.5 Å². The summed E-state index contributed by atoms with van der Waals surface area (Å²) in [6, 6.07) is 6.04. The Kier molecular flexibility index (Phi) is 1.57. The number of hydrogen-bond donors (Lipinski definition) is 0. The van der Waals surface area contributed by atoms with Gasteiger partial charge < -0.3 is 13.9 Å². The van der Waals surface area contributed by atoms with Gasteiger partial charge in [-0.05, 0) is 12.1 Å². The molecular formula is C12H11NO2. The van der Waals surface area contributed by atoms with E-state index in [1.54, 1.807) is 14.2 Å². The van der Waals surface area contributed by atoms with E-state index in [-0.39, 0.29) is 0 Å². The van der Waals surface area contributed by atoms with Crippen molar-refractivity contribution >= 4 is 16.3 Å². The van der Waals surface area contributed by atoms with Crippen molar-refractivity contribution in [3.05, 3.63) is 30.6 Å². The minimum Gasteiger partial charge on any atom is -0.496 e. The van der Waals surface area contributed by atoms with E-state index in [1.807, 2.05) is 18.5 Å². The van der Waals surface area contributed by atoms with Crippen molar-refractivity contribution in [2.45, 2.75) is 0 Å². The van der Waals surface area contributed by atoms with Gasteiger partial charge in [0.25, 0.3) is 0 Å². The molecule has 3 rings (SSSR count). The molecule has 0 bridgehead atoms. The zero-order valence-corrected chi connectivity index (χ0v) is 8.65. The molecule has 15 heavy (non-hydrogen) atoms. The van der Waals surface area contributed by atoms with Crippen molar-refractivity contribution in [3.63, 3.8) is 0 Å². The predicted octanol–water partition coefficient (Wildman–Crippen LogP) is 2.55. The molecule has 0 aliphatic carbocycles. The van der Waals surface area contributed by atoms with Gasteiger partial charge in [0.05, 0.1) is 19.7 Å². The minimum atomic E-state index is 0.855. The number of ether oxygens (including phenoxy) is 2. The quantitative estimate of drug-likeness (QED) is 0.636. The second-order valence-electron chi connectivity index (χ2n) is 3.50. The molecule has 0 saturated heterocycles. The van der Waals surface area contributed by atoms with Gasteiger partial charge in [-0.2, -0.15) is 0 Å². The molecule has 0 aliphatic heterocycles. The average Bonchev–Trinajstić information content (AvgIpc) is 2.86. The summed E-state index contributed by atoms with van der Waals surface area (Å²) in [5.74, 6) is 1.71. The van der Waals surface area contributed by atoms with Gasteiger partial charge >= 0.3 is 0 Å². The van der Waals surface area contributed by atoms with Gasteiger partial charge in [0.15, 0.2) is 0 Å². The highest BCUT2D eigenvalue weighted by molar-refractivity contribution is 6.03. The van der Waals surface area contributed by atoms with Crippen LogP contribution in [0.1, 0.15) is 0 Å². The lowest BCUT2D eigenvalue weighted by atomic mass is 10.1. The Labute approximate surface area is 87.2 Å². The molecule has 0 atom stereocenters. The van der Waals surface area contributed by atoms with Gasteiger partial charge in [0.1, 0.15) is 11.5 Å². The zero-order chi connectivity index (χ0) is 10.4. The molecule has 0 amide bonds. The van der Waals surface area contributed by atoms with Crippen LogP contribution >= 0.6 is 0 Å². The second kappa shape index (κ2) is 2.79. The first-order valence-corrected chi connectivity index (χ1v) is 4.79. The van der Waals surface area contributed by atoms with Crippen LogP contribution in [0, 0.1) is 0 Å². The Morgan fingerprint density at radius 1 is 0.933 bits per heavy atom. The van der Waals surface area contributed by atoms with Crippen LogP contribution < -0.4 is 9.47 Å². The summed E-state index contributed by atoms with van der Waals surface area (Å²) in [6.45, 7) is 0. The number of benzene rings is 1. The third-order valence-corrected chi connectivity index (χ3v) is 2.80. The highest BCUT2D eigenvalue weighted by atomic mass is 16.5. The van der Waals surface area contributed by atoms with Crippen LogP contribution in [0.5, 0.6) is 11.5 Å². The Bertz CT molecular complexity index is 563. The van der Waals surface area contributed by atoms with E-state index in [4.69, 9.17) is 9.47 Å². The number of hydrogen-bond acceptors (Lipinski definition) is 2. The second-order valence-corrected chi connectivity index (χ2v) is 3.50. The monoisotopic (exact) mass is 201 g/mol. The summed E-state index contributed by atoms with van der Waals surface area (Å²) >= 11 is 0. The first kappa shape index (κ1) is 8.41. The van der Waals surface area contributed by atoms with E-state index in [0.29, 0.717) is 0 Å². The maximum atomic E-state index is 5.34. The molecule has 0 aliphatic rings. The van der Waals surface area contributed by atoms with Gasteiger partial charge in [-0.25, -0.2) is 0 Å². The topological polar surface area (TPSA) is 22.9 Å². The minimum absolute atomic E-state index is 0.855. The van der Waals surface area contributed by atoms with Crippen molar-refractivity contribution in [1.29, 1.82) is 0 Å². The van der Waals surface area contributed by atoms with E-state index >= 15 is 0 Å². The zero-order valence-electron chi connectivity index (χ0n) is 8.65. The van der Waals surface area contributed by atoms with Crippen molar-refractivity contribution in [2.75, 3.05) is 14.2 Å². The molecule has 0 spiro atoms. The van der Waals surface area contributed by atoms with E-state index in [1.165, 1.54) is 0 Å². The number of rotatable bonds is 2. The lowest BCUT2D eigenvalue weighted by Gasteiger charge is -2.07. The van der Waals surface area contributed by atoms with E-state index < -0.39 is 0 Å². The highest BCUT2D eigenvalue weighted by Gasteiger charge is 2.13. The summed E-state index contributed by atoms with van der Waals surface area (Å²) in [6.07, 6.45) is 4.05. The van der Waals surface area contributed by atoms with Gasteiger partial charge in [0.2, 0.25) is 0 Å². The molecule has 0 N–H and O–H groups in total. The maximum absolute atomic E-state index is 5.34. The van der Waals surface area contributed by atoms with Gasteiger partial charge in [-0.15, -0.1) is 0 Å². The highest BCUT2D eigenvalue weighted by Crippen LogP contribution is 2.37. The Morgan fingerprint density at radius 2 is 1.47 bits per heavy atom. The molecule has 3 heteroatoms. The van der Waals surface area contributed by atoms with Crippen LogP contribution in [0.15, 0.2) is 30.6 Å². The number of methoxy groups -OCH3 is 2. The van der Waals surface area contributed by atoms with Gasteiger partial charge in [-0.1, -0.05) is 0 Å². The molecule has 3 aromatic rings. The van der Waals surface area contributed by atoms with Gasteiger partial charge in [0, 0.05) is 29.2 Å². The fraction of sp³-hybridized carbons (Fsp3) is 0.167. The Hall–Kier alpha value is -1.90. The molecule has 0 fully saturated rings. The molecular weight excluding hydrogens is 190 g/mol. The van der Waals surface area contributed by atoms with Crippen molar-refractivity contribution in [3.8, 4) is 11.5 Å². The van der Waals surface area contributed by atoms with Crippen molar-refractivity contribution < 1.29 is 9.47 Å². The summed E-state index contributed by atoms with van der Waals surface area (Å²) in [7, 11) is 3.35. The standard InChI is InChI=1S/C12H11NO2/c1-14-10-7-11(15-2)9-4-6-13-5-3-8(10)12(9)13/h3-7H,1-2H3. The van der Waals surface area contributed by atoms with Gasteiger partial charge in [-0.3, -0.25) is 0 Å². The van der Waals surface area contributed by atoms with Crippen molar-refractivity contribution in [2.24, 2.45) is 0 Å². The first-order chi connectivity index (χ1) is 7.35. The summed E-state index contributed by atoms with van der Waals surface area (Å²) in [5.41, 5.74) is 1.16. The lowest BCUT2D eigenvalue weighted by Crippen LogP contribution is -1.88. The van der Waals surface area contributed by atoms with E-state index in [0.717, 1.165) is 27.8 Å². The Balaban J connectivity index is 2.53. The molecule has 2 aromatic heterocycles. The maximum Gasteiger partial charge on any atom is 0.131 e. The lowest BCUT2D eigenvalue weighted by molar-refractivity contribution is 0.401. The molecule has 0 radical (unpaired) electrons. The fourth-order valence-corrected chi connectivity index (χ4v) is 2.10. The van der Waals surface area contributed by atoms with Crippen LogP contribution in [0.2, 0.25) is 0 Å². The molecule has 3 nitrogen and oxygen atoms in total. The Morgan fingerprint density at radius 3 is 1.93 bits per heavy atom.